The van der Waals surface area contributed by atoms with Gasteiger partial charge in [0.2, 0.25) is 11.8 Å². The van der Waals surface area contributed by atoms with E-state index < -0.39 is 18.2 Å². The van der Waals surface area contributed by atoms with E-state index in [1.807, 2.05) is 20.0 Å². The van der Waals surface area contributed by atoms with E-state index in [-0.39, 0.29) is 30.3 Å². The average molecular weight is 779 g/mol. The molecule has 4 amide bonds. The quantitative estimate of drug-likeness (QED) is 0.108. The van der Waals surface area contributed by atoms with Crippen molar-refractivity contribution in [2.75, 3.05) is 33.9 Å². The molecule has 14 heteroatoms. The van der Waals surface area contributed by atoms with Crippen molar-refractivity contribution < 1.29 is 28.7 Å². The number of aromatic amines is 2. The zero-order valence-electron chi connectivity index (χ0n) is 33.3. The van der Waals surface area contributed by atoms with E-state index in [0.29, 0.717) is 24.9 Å². The Morgan fingerprint density at radius 2 is 1.63 bits per heavy atom. The predicted molar refractivity (Wildman–Crippen MR) is 215 cm³/mol. The first-order valence-electron chi connectivity index (χ1n) is 20.2. The molecule has 302 valence electrons. The Bertz CT molecular complexity index is 2070. The van der Waals surface area contributed by atoms with Gasteiger partial charge in [-0.05, 0) is 78.5 Å². The summed E-state index contributed by atoms with van der Waals surface area (Å²) in [7, 11) is 2.58. The molecule has 0 spiro atoms. The van der Waals surface area contributed by atoms with Gasteiger partial charge in [-0.3, -0.25) is 9.59 Å². The van der Waals surface area contributed by atoms with Crippen LogP contribution in [-0.2, 0) is 38.3 Å². The Hall–Kier alpha value is -5.66. The van der Waals surface area contributed by atoms with Gasteiger partial charge in [-0.2, -0.15) is 0 Å². The lowest BCUT2D eigenvalue weighted by Crippen LogP contribution is -2.50. The summed E-state index contributed by atoms with van der Waals surface area (Å²) in [6.45, 7) is 4.93. The molecule has 2 aromatic carbocycles. The molecular formula is C43H54N8O6. The number of methoxy groups -OCH3 is 2. The first-order chi connectivity index (χ1) is 27.6. The summed E-state index contributed by atoms with van der Waals surface area (Å²) in [6, 6.07) is 14.4. The van der Waals surface area contributed by atoms with Crippen molar-refractivity contribution in [2.24, 2.45) is 17.8 Å². The van der Waals surface area contributed by atoms with Crippen LogP contribution in [0.4, 0.5) is 9.59 Å². The average Bonchev–Trinajstić information content (AvgIpc) is 4.06. The highest BCUT2D eigenvalue weighted by Gasteiger charge is 2.34. The number of carbonyl (C=O) groups excluding carboxylic acids is 4. The molecule has 1 saturated carbocycles. The number of ether oxygens (including phenoxy) is 2. The molecule has 4 aromatic rings. The van der Waals surface area contributed by atoms with Crippen LogP contribution in [0.3, 0.4) is 0 Å². The molecule has 14 nitrogen and oxygen atoms in total. The van der Waals surface area contributed by atoms with Crippen LogP contribution >= 0.6 is 0 Å². The van der Waals surface area contributed by atoms with E-state index in [0.717, 1.165) is 109 Å². The SMILES string of the molecule is COC(=O)NCC(=O)N1CCC[C@H]1c1nc2c([nH]1)CCc1cc(-c3ccc(-c4cnc(CCC5CCCC5CNC(=O)[C@@H](NC(=O)OC)C(C)C)[nH]4)cc3)ccc1-2. The largest absolute Gasteiger partial charge is 0.453 e. The fraction of sp³-hybridized carbons (Fsp3) is 0.488. The molecular weight excluding hydrogens is 725 g/mol. The van der Waals surface area contributed by atoms with Crippen LogP contribution in [0.25, 0.3) is 33.6 Å². The second kappa shape index (κ2) is 17.6. The maximum Gasteiger partial charge on any atom is 0.407 e. The summed E-state index contributed by atoms with van der Waals surface area (Å²) in [4.78, 5) is 67.7. The first kappa shape index (κ1) is 39.6. The molecule has 2 aliphatic carbocycles. The van der Waals surface area contributed by atoms with Crippen molar-refractivity contribution in [1.29, 1.82) is 0 Å². The molecule has 0 radical (unpaired) electrons. The molecule has 1 saturated heterocycles. The van der Waals surface area contributed by atoms with Crippen molar-refractivity contribution in [3.8, 4) is 33.6 Å². The number of alkyl carbamates (subject to hydrolysis) is 2. The van der Waals surface area contributed by atoms with Gasteiger partial charge >= 0.3 is 12.2 Å². The van der Waals surface area contributed by atoms with Crippen LogP contribution in [0.5, 0.6) is 0 Å². The highest BCUT2D eigenvalue weighted by Crippen LogP contribution is 2.39. The summed E-state index contributed by atoms with van der Waals surface area (Å²) in [5.74, 6) is 2.28. The molecule has 57 heavy (non-hydrogen) atoms. The third-order valence-electron chi connectivity index (χ3n) is 11.9. The number of nitrogens with zero attached hydrogens (tertiary/aromatic N) is 3. The Kier molecular flexibility index (Phi) is 12.2. The van der Waals surface area contributed by atoms with Crippen LogP contribution < -0.4 is 16.0 Å². The molecule has 2 unspecified atom stereocenters. The normalized spacial score (nSPS) is 19.1. The lowest BCUT2D eigenvalue weighted by Gasteiger charge is -2.24. The minimum absolute atomic E-state index is 0.0551. The predicted octanol–water partition coefficient (Wildman–Crippen LogP) is 6.10. The van der Waals surface area contributed by atoms with Gasteiger partial charge in [0.05, 0.1) is 37.8 Å². The number of fused-ring (bicyclic) bond motifs is 3. The molecule has 4 atom stereocenters. The number of imidazole rings is 2. The number of aryl methyl sites for hydroxylation is 3. The highest BCUT2D eigenvalue weighted by atomic mass is 16.5. The van der Waals surface area contributed by atoms with Gasteiger partial charge in [0, 0.05) is 30.8 Å². The number of carbonyl (C=O) groups is 4. The van der Waals surface area contributed by atoms with Gasteiger partial charge in [-0.1, -0.05) is 69.2 Å². The summed E-state index contributed by atoms with van der Waals surface area (Å²) in [5.41, 5.74) is 8.77. The highest BCUT2D eigenvalue weighted by molar-refractivity contribution is 5.86. The van der Waals surface area contributed by atoms with Gasteiger partial charge in [0.15, 0.2) is 0 Å². The van der Waals surface area contributed by atoms with Gasteiger partial charge in [-0.25, -0.2) is 19.6 Å². The molecule has 7 rings (SSSR count). The van der Waals surface area contributed by atoms with Crippen molar-refractivity contribution in [3.05, 3.63) is 71.6 Å². The third kappa shape index (κ3) is 9.00. The number of amides is 4. The van der Waals surface area contributed by atoms with Crippen LogP contribution in [0.15, 0.2) is 48.7 Å². The molecule has 2 aromatic heterocycles. The van der Waals surface area contributed by atoms with E-state index in [1.54, 1.807) is 4.90 Å². The number of hydrogen-bond donors (Lipinski definition) is 5. The van der Waals surface area contributed by atoms with Crippen LogP contribution in [0, 0.1) is 17.8 Å². The Morgan fingerprint density at radius 1 is 0.877 bits per heavy atom. The second-order valence-corrected chi connectivity index (χ2v) is 15.8. The fourth-order valence-electron chi connectivity index (χ4n) is 8.76. The Balaban J connectivity index is 0.942. The zero-order valence-corrected chi connectivity index (χ0v) is 33.3. The van der Waals surface area contributed by atoms with Gasteiger partial charge in [0.1, 0.15) is 24.2 Å². The zero-order chi connectivity index (χ0) is 40.1. The minimum atomic E-state index is -0.632. The van der Waals surface area contributed by atoms with Gasteiger partial charge < -0.3 is 40.3 Å². The van der Waals surface area contributed by atoms with Gasteiger partial charge in [-0.15, -0.1) is 0 Å². The number of likely N-dealkylation sites (tertiary alicyclic amines) is 1. The number of benzene rings is 2. The molecule has 5 N–H and O–H groups in total. The summed E-state index contributed by atoms with van der Waals surface area (Å²) in [5, 5.41) is 8.23. The molecule has 2 fully saturated rings. The summed E-state index contributed by atoms with van der Waals surface area (Å²) >= 11 is 0. The number of rotatable bonds is 13. The van der Waals surface area contributed by atoms with Gasteiger partial charge in [0.25, 0.3) is 0 Å². The fourth-order valence-corrected chi connectivity index (χ4v) is 8.76. The van der Waals surface area contributed by atoms with E-state index in [9.17, 15) is 19.2 Å². The molecule has 1 aliphatic heterocycles. The Labute approximate surface area is 333 Å². The smallest absolute Gasteiger partial charge is 0.407 e. The Morgan fingerprint density at radius 3 is 2.40 bits per heavy atom. The van der Waals surface area contributed by atoms with Crippen molar-refractivity contribution in [1.82, 2.24) is 40.8 Å². The van der Waals surface area contributed by atoms with Crippen LogP contribution in [0.1, 0.15) is 81.3 Å². The standard InChI is InChI=1S/C43H54N8O6/c1-25(2)38(50-43(55)57-4)41(53)45-22-31-8-5-7-26(31)16-19-36-44-23-34(47-36)28-12-10-27(11-13-28)29-14-17-32-30(21-29)15-18-33-39(32)49-40(48-33)35-9-6-20-51(35)37(52)24-46-42(54)56-3/h10-14,17,21,23,25-26,31,35,38H,5-9,15-16,18-20,22,24H2,1-4H3,(H,44,47)(H,45,53)(H,46,54)(H,48,49)(H,50,55)/t26?,31?,35-,38-/m0/s1. The minimum Gasteiger partial charge on any atom is -0.453 e. The van der Waals surface area contributed by atoms with Crippen molar-refractivity contribution in [2.45, 2.75) is 83.7 Å². The van der Waals surface area contributed by atoms with E-state index in [1.165, 1.54) is 19.8 Å². The number of H-pyrrole nitrogens is 2. The number of nitrogens with one attached hydrogen (secondary N) is 5. The van der Waals surface area contributed by atoms with E-state index >= 15 is 0 Å². The maximum absolute atomic E-state index is 12.9. The van der Waals surface area contributed by atoms with Crippen LogP contribution in [0.2, 0.25) is 0 Å². The van der Waals surface area contributed by atoms with Crippen molar-refractivity contribution >= 4 is 24.0 Å². The lowest BCUT2D eigenvalue weighted by atomic mass is 9.89. The first-order valence-corrected chi connectivity index (χ1v) is 20.2. The van der Waals surface area contributed by atoms with E-state index in [2.05, 4.69) is 73.1 Å². The molecule has 3 aliphatic rings. The van der Waals surface area contributed by atoms with Crippen LogP contribution in [-0.4, -0.2) is 88.7 Å². The third-order valence-corrected chi connectivity index (χ3v) is 11.9. The van der Waals surface area contributed by atoms with Crippen molar-refractivity contribution in [3.63, 3.8) is 0 Å². The summed E-state index contributed by atoms with van der Waals surface area (Å²) in [6.07, 6.45) is 9.32. The molecule has 3 heterocycles. The molecule has 0 bridgehead atoms. The maximum atomic E-state index is 12.9. The van der Waals surface area contributed by atoms with E-state index in [4.69, 9.17) is 14.7 Å². The number of aromatic nitrogens is 4. The second-order valence-electron chi connectivity index (χ2n) is 15.8. The number of hydrogen-bond acceptors (Lipinski definition) is 8. The lowest BCUT2D eigenvalue weighted by molar-refractivity contribution is -0.131. The summed E-state index contributed by atoms with van der Waals surface area (Å²) < 4.78 is 9.31. The topological polar surface area (TPSA) is 183 Å². The monoisotopic (exact) mass is 778 g/mol.